The van der Waals surface area contributed by atoms with Crippen LogP contribution in [-0.2, 0) is 9.47 Å². The molecule has 0 radical (unpaired) electrons. The van der Waals surface area contributed by atoms with E-state index in [0.717, 1.165) is 39.5 Å². The zero-order valence-electron chi connectivity index (χ0n) is 7.53. The average molecular weight is 172 g/mol. The molecule has 0 spiro atoms. The predicted octanol–water partition coefficient (Wildman–Crippen LogP) is -0.436. The van der Waals surface area contributed by atoms with Gasteiger partial charge in [-0.3, -0.25) is 0 Å². The van der Waals surface area contributed by atoms with Crippen LogP contribution in [0.5, 0.6) is 0 Å². The van der Waals surface area contributed by atoms with Gasteiger partial charge in [0.05, 0.1) is 25.9 Å². The summed E-state index contributed by atoms with van der Waals surface area (Å²) in [5.41, 5.74) is 0. The van der Waals surface area contributed by atoms with Crippen molar-refractivity contribution in [2.24, 2.45) is 0 Å². The topological polar surface area (TPSA) is 28.2 Å². The lowest BCUT2D eigenvalue weighted by molar-refractivity contribution is -0.0775. The molecule has 2 aliphatic rings. The van der Waals surface area contributed by atoms with Crippen molar-refractivity contribution in [1.29, 1.82) is 0 Å². The number of rotatable bonds is 3. The molecular formula is C8H16N2O2. The molecule has 1 unspecified atom stereocenters. The summed E-state index contributed by atoms with van der Waals surface area (Å²) in [4.78, 5) is 0. The van der Waals surface area contributed by atoms with E-state index in [-0.39, 0.29) is 0 Å². The minimum atomic E-state index is 0.484. The third-order valence-electron chi connectivity index (χ3n) is 2.34. The maximum atomic E-state index is 5.27. The second-order valence-corrected chi connectivity index (χ2v) is 3.36. The number of epoxide rings is 1. The fourth-order valence-electron chi connectivity index (χ4n) is 1.48. The number of morpholine rings is 1. The van der Waals surface area contributed by atoms with E-state index < -0.39 is 0 Å². The summed E-state index contributed by atoms with van der Waals surface area (Å²) in [7, 11) is 2.12. The molecule has 70 valence electrons. The molecule has 0 aromatic carbocycles. The summed E-state index contributed by atoms with van der Waals surface area (Å²) in [5, 5.41) is 4.57. The SMILES string of the molecule is CN(CC1CO1)N1CCOCC1. The lowest BCUT2D eigenvalue weighted by atomic mass is 10.4. The van der Waals surface area contributed by atoms with Crippen LogP contribution in [0.2, 0.25) is 0 Å². The van der Waals surface area contributed by atoms with Gasteiger partial charge in [-0.2, -0.15) is 0 Å². The van der Waals surface area contributed by atoms with E-state index in [1.165, 1.54) is 0 Å². The van der Waals surface area contributed by atoms with E-state index in [2.05, 4.69) is 17.1 Å². The van der Waals surface area contributed by atoms with Crippen LogP contribution in [-0.4, -0.2) is 62.6 Å². The molecule has 4 heteroatoms. The first-order valence-electron chi connectivity index (χ1n) is 4.51. The number of nitrogens with zero attached hydrogens (tertiary/aromatic N) is 2. The molecule has 12 heavy (non-hydrogen) atoms. The molecule has 2 saturated heterocycles. The second kappa shape index (κ2) is 3.70. The largest absolute Gasteiger partial charge is 0.379 e. The van der Waals surface area contributed by atoms with Crippen LogP contribution in [0.3, 0.4) is 0 Å². The van der Waals surface area contributed by atoms with Gasteiger partial charge in [0.15, 0.2) is 0 Å². The van der Waals surface area contributed by atoms with Gasteiger partial charge in [0, 0.05) is 26.7 Å². The van der Waals surface area contributed by atoms with Crippen molar-refractivity contribution < 1.29 is 9.47 Å². The van der Waals surface area contributed by atoms with E-state index >= 15 is 0 Å². The Labute approximate surface area is 73.0 Å². The number of ether oxygens (including phenoxy) is 2. The number of hydrogen-bond donors (Lipinski definition) is 0. The Balaban J connectivity index is 1.72. The summed E-state index contributed by atoms with van der Waals surface area (Å²) >= 11 is 0. The highest BCUT2D eigenvalue weighted by Crippen LogP contribution is 2.11. The fraction of sp³-hybridized carbons (Fsp3) is 1.00. The first kappa shape index (κ1) is 8.44. The van der Waals surface area contributed by atoms with Crippen molar-refractivity contribution in [2.75, 3.05) is 46.5 Å². The zero-order valence-corrected chi connectivity index (χ0v) is 7.53. The molecule has 1 atom stereocenters. The standard InChI is InChI=1S/C8H16N2O2/c1-9(6-8-7-12-8)10-2-4-11-5-3-10/h8H,2-7H2,1H3. The molecule has 0 aromatic heterocycles. The molecule has 0 N–H and O–H groups in total. The van der Waals surface area contributed by atoms with Gasteiger partial charge in [0.1, 0.15) is 0 Å². The highest BCUT2D eigenvalue weighted by molar-refractivity contribution is 4.72. The Morgan fingerprint density at radius 3 is 2.67 bits per heavy atom. The maximum absolute atomic E-state index is 5.27. The maximum Gasteiger partial charge on any atom is 0.0950 e. The summed E-state index contributed by atoms with van der Waals surface area (Å²) in [6, 6.07) is 0. The van der Waals surface area contributed by atoms with Gasteiger partial charge in [-0.15, -0.1) is 0 Å². The summed E-state index contributed by atoms with van der Waals surface area (Å²) in [6.07, 6.45) is 0.484. The Morgan fingerprint density at radius 2 is 2.08 bits per heavy atom. The van der Waals surface area contributed by atoms with Crippen molar-refractivity contribution >= 4 is 0 Å². The zero-order chi connectivity index (χ0) is 8.39. The molecular weight excluding hydrogens is 156 g/mol. The molecule has 2 fully saturated rings. The fourth-order valence-corrected chi connectivity index (χ4v) is 1.48. The van der Waals surface area contributed by atoms with E-state index in [1.807, 2.05) is 0 Å². The van der Waals surface area contributed by atoms with Crippen LogP contribution in [0.4, 0.5) is 0 Å². The molecule has 2 heterocycles. The van der Waals surface area contributed by atoms with Gasteiger partial charge >= 0.3 is 0 Å². The third-order valence-corrected chi connectivity index (χ3v) is 2.34. The lowest BCUT2D eigenvalue weighted by Gasteiger charge is -2.34. The van der Waals surface area contributed by atoms with Crippen molar-refractivity contribution in [3.8, 4) is 0 Å². The van der Waals surface area contributed by atoms with Crippen molar-refractivity contribution in [1.82, 2.24) is 10.0 Å². The highest BCUT2D eigenvalue weighted by Gasteiger charge is 2.26. The van der Waals surface area contributed by atoms with E-state index in [9.17, 15) is 0 Å². The van der Waals surface area contributed by atoms with E-state index in [1.54, 1.807) is 0 Å². The van der Waals surface area contributed by atoms with Crippen molar-refractivity contribution in [3.63, 3.8) is 0 Å². The van der Waals surface area contributed by atoms with Gasteiger partial charge in [0.2, 0.25) is 0 Å². The Hall–Kier alpha value is -0.160. The second-order valence-electron chi connectivity index (χ2n) is 3.36. The van der Waals surface area contributed by atoms with Gasteiger partial charge in [-0.25, -0.2) is 10.0 Å². The van der Waals surface area contributed by atoms with Crippen molar-refractivity contribution in [2.45, 2.75) is 6.10 Å². The third kappa shape index (κ3) is 2.17. The molecule has 0 saturated carbocycles. The Morgan fingerprint density at radius 1 is 1.42 bits per heavy atom. The summed E-state index contributed by atoms with van der Waals surface area (Å²) in [5.74, 6) is 0. The first-order valence-corrected chi connectivity index (χ1v) is 4.51. The quantitative estimate of drug-likeness (QED) is 0.540. The summed E-state index contributed by atoms with van der Waals surface area (Å²) < 4.78 is 10.4. The van der Waals surface area contributed by atoms with Gasteiger partial charge in [-0.1, -0.05) is 0 Å². The Bertz CT molecular complexity index is 144. The molecule has 0 amide bonds. The average Bonchev–Trinajstić information content (AvgIpc) is 2.90. The van der Waals surface area contributed by atoms with Crippen LogP contribution in [0, 0.1) is 0 Å². The van der Waals surface area contributed by atoms with Crippen LogP contribution < -0.4 is 0 Å². The smallest absolute Gasteiger partial charge is 0.0950 e. The van der Waals surface area contributed by atoms with E-state index in [0.29, 0.717) is 6.10 Å². The van der Waals surface area contributed by atoms with Gasteiger partial charge < -0.3 is 9.47 Å². The normalized spacial score (nSPS) is 31.0. The summed E-state index contributed by atoms with van der Waals surface area (Å²) in [6.45, 7) is 5.72. The lowest BCUT2D eigenvalue weighted by Crippen LogP contribution is -2.48. The highest BCUT2D eigenvalue weighted by atomic mass is 16.6. The molecule has 0 aromatic rings. The van der Waals surface area contributed by atoms with Gasteiger partial charge in [0.25, 0.3) is 0 Å². The van der Waals surface area contributed by atoms with Crippen LogP contribution in [0.1, 0.15) is 0 Å². The van der Waals surface area contributed by atoms with Crippen LogP contribution >= 0.6 is 0 Å². The predicted molar refractivity (Wildman–Crippen MR) is 44.8 cm³/mol. The minimum absolute atomic E-state index is 0.484. The minimum Gasteiger partial charge on any atom is -0.379 e. The van der Waals surface area contributed by atoms with Crippen LogP contribution in [0.25, 0.3) is 0 Å². The molecule has 2 aliphatic heterocycles. The van der Waals surface area contributed by atoms with Gasteiger partial charge in [-0.05, 0) is 0 Å². The van der Waals surface area contributed by atoms with Crippen LogP contribution in [0.15, 0.2) is 0 Å². The monoisotopic (exact) mass is 172 g/mol. The number of hydrazine groups is 1. The molecule has 0 bridgehead atoms. The Kier molecular flexibility index (Phi) is 2.60. The molecule has 0 aliphatic carbocycles. The van der Waals surface area contributed by atoms with Crippen molar-refractivity contribution in [3.05, 3.63) is 0 Å². The molecule has 2 rings (SSSR count). The first-order chi connectivity index (χ1) is 5.86. The van der Waals surface area contributed by atoms with E-state index in [4.69, 9.17) is 9.47 Å². The molecule has 4 nitrogen and oxygen atoms in total. The number of hydrogen-bond acceptors (Lipinski definition) is 4. The number of likely N-dealkylation sites (N-methyl/N-ethyl adjacent to an activating group) is 1.